The van der Waals surface area contributed by atoms with Crippen LogP contribution in [0.5, 0.6) is 5.75 Å². The van der Waals surface area contributed by atoms with Gasteiger partial charge < -0.3 is 19.4 Å². The lowest BCUT2D eigenvalue weighted by molar-refractivity contribution is -0.136. The molecule has 2 heterocycles. The van der Waals surface area contributed by atoms with E-state index in [-0.39, 0.29) is 35.6 Å². The molecule has 1 aromatic rings. The van der Waals surface area contributed by atoms with E-state index in [4.69, 9.17) is 4.74 Å². The molecule has 0 spiro atoms. The highest BCUT2D eigenvalue weighted by atomic mass is 16.5. The summed E-state index contributed by atoms with van der Waals surface area (Å²) in [6.45, 7) is 11.4. The number of ether oxygens (including phenoxy) is 1. The monoisotopic (exact) mass is 443 g/mol. The summed E-state index contributed by atoms with van der Waals surface area (Å²) in [5, 5.41) is 0. The SMILES string of the molecule is Cc1ccc(OCCCC(=O)N2CCCN(C(=O)C3CC(=O)N(C(C)(C)C)C3)CC2)cc1. The summed E-state index contributed by atoms with van der Waals surface area (Å²) in [4.78, 5) is 43.6. The van der Waals surface area contributed by atoms with Gasteiger partial charge in [0, 0.05) is 51.1 Å². The molecule has 7 nitrogen and oxygen atoms in total. The Morgan fingerprint density at radius 3 is 2.34 bits per heavy atom. The van der Waals surface area contributed by atoms with Crippen molar-refractivity contribution < 1.29 is 19.1 Å². The van der Waals surface area contributed by atoms with Gasteiger partial charge in [-0.05, 0) is 52.7 Å². The zero-order valence-electron chi connectivity index (χ0n) is 19.9. The summed E-state index contributed by atoms with van der Waals surface area (Å²) in [5.41, 5.74) is 0.921. The number of amides is 3. The fourth-order valence-corrected chi connectivity index (χ4v) is 4.37. The Morgan fingerprint density at radius 2 is 1.69 bits per heavy atom. The first-order valence-electron chi connectivity index (χ1n) is 11.7. The third-order valence-corrected chi connectivity index (χ3v) is 6.27. The van der Waals surface area contributed by atoms with Crippen molar-refractivity contribution in [1.29, 1.82) is 0 Å². The first kappa shape index (κ1) is 24.1. The van der Waals surface area contributed by atoms with Crippen molar-refractivity contribution in [1.82, 2.24) is 14.7 Å². The van der Waals surface area contributed by atoms with Gasteiger partial charge in [0.1, 0.15) is 5.75 Å². The summed E-state index contributed by atoms with van der Waals surface area (Å²) < 4.78 is 5.71. The van der Waals surface area contributed by atoms with Crippen LogP contribution < -0.4 is 4.74 Å². The van der Waals surface area contributed by atoms with E-state index in [0.717, 1.165) is 12.2 Å². The quantitative estimate of drug-likeness (QED) is 0.634. The molecule has 0 saturated carbocycles. The molecular formula is C25H37N3O4. The Morgan fingerprint density at radius 1 is 1.03 bits per heavy atom. The number of likely N-dealkylation sites (tertiary alicyclic amines) is 1. The van der Waals surface area contributed by atoms with Crippen LogP contribution in [0.25, 0.3) is 0 Å². The lowest BCUT2D eigenvalue weighted by Crippen LogP contribution is -2.44. The molecule has 0 aromatic heterocycles. The molecule has 0 radical (unpaired) electrons. The highest BCUT2D eigenvalue weighted by Crippen LogP contribution is 2.27. The van der Waals surface area contributed by atoms with Gasteiger partial charge >= 0.3 is 0 Å². The average Bonchev–Trinajstić information content (AvgIpc) is 2.98. The largest absolute Gasteiger partial charge is 0.494 e. The van der Waals surface area contributed by atoms with Crippen LogP contribution in [0.2, 0.25) is 0 Å². The van der Waals surface area contributed by atoms with Crippen LogP contribution in [0.4, 0.5) is 0 Å². The zero-order chi connectivity index (χ0) is 23.3. The molecule has 32 heavy (non-hydrogen) atoms. The fourth-order valence-electron chi connectivity index (χ4n) is 4.37. The molecule has 2 aliphatic heterocycles. The van der Waals surface area contributed by atoms with Gasteiger partial charge in [-0.25, -0.2) is 0 Å². The molecule has 0 bridgehead atoms. The Kier molecular flexibility index (Phi) is 7.80. The van der Waals surface area contributed by atoms with Crippen LogP contribution in [0.3, 0.4) is 0 Å². The van der Waals surface area contributed by atoms with Crippen LogP contribution >= 0.6 is 0 Å². The first-order valence-corrected chi connectivity index (χ1v) is 11.7. The van der Waals surface area contributed by atoms with Crippen LogP contribution in [-0.2, 0) is 14.4 Å². The van der Waals surface area contributed by atoms with E-state index in [9.17, 15) is 14.4 Å². The van der Waals surface area contributed by atoms with Crippen LogP contribution in [0.1, 0.15) is 52.0 Å². The summed E-state index contributed by atoms with van der Waals surface area (Å²) >= 11 is 0. The van der Waals surface area contributed by atoms with Gasteiger partial charge in [-0.3, -0.25) is 14.4 Å². The molecule has 0 N–H and O–H groups in total. The molecule has 2 saturated heterocycles. The molecule has 0 aliphatic carbocycles. The molecule has 176 valence electrons. The van der Waals surface area contributed by atoms with E-state index in [2.05, 4.69) is 0 Å². The second-order valence-electron chi connectivity index (χ2n) is 9.90. The van der Waals surface area contributed by atoms with E-state index in [1.165, 1.54) is 5.56 Å². The number of hydrogen-bond donors (Lipinski definition) is 0. The Balaban J connectivity index is 1.42. The topological polar surface area (TPSA) is 70.2 Å². The van der Waals surface area contributed by atoms with E-state index in [0.29, 0.717) is 52.2 Å². The van der Waals surface area contributed by atoms with Gasteiger partial charge in [0.15, 0.2) is 0 Å². The second-order valence-corrected chi connectivity index (χ2v) is 9.90. The van der Waals surface area contributed by atoms with Crippen molar-refractivity contribution in [3.63, 3.8) is 0 Å². The number of carbonyl (C=O) groups is 3. The molecular weight excluding hydrogens is 406 g/mol. The Hall–Kier alpha value is -2.57. The number of hydrogen-bond acceptors (Lipinski definition) is 4. The Bertz CT molecular complexity index is 815. The lowest BCUT2D eigenvalue weighted by atomic mass is 10.1. The van der Waals surface area contributed by atoms with E-state index >= 15 is 0 Å². The maximum absolute atomic E-state index is 13.0. The number of aryl methyl sites for hydroxylation is 1. The van der Waals surface area contributed by atoms with Gasteiger partial charge in [0.25, 0.3) is 0 Å². The minimum atomic E-state index is -0.275. The molecule has 7 heteroatoms. The highest BCUT2D eigenvalue weighted by Gasteiger charge is 2.41. The first-order chi connectivity index (χ1) is 15.1. The standard InChI is InChI=1S/C25H37N3O4/c1-19-8-10-21(11-9-19)32-16-5-7-22(29)26-12-6-13-27(15-14-26)24(31)20-17-23(30)28(18-20)25(2,3)4/h8-11,20H,5-7,12-18H2,1-4H3. The lowest BCUT2D eigenvalue weighted by Gasteiger charge is -2.32. The van der Waals surface area contributed by atoms with Crippen molar-refractivity contribution in [3.05, 3.63) is 29.8 Å². The molecule has 1 unspecified atom stereocenters. The molecule has 1 atom stereocenters. The number of carbonyl (C=O) groups excluding carboxylic acids is 3. The normalized spacial score (nSPS) is 19.8. The van der Waals surface area contributed by atoms with Gasteiger partial charge in [-0.15, -0.1) is 0 Å². The summed E-state index contributed by atoms with van der Waals surface area (Å²) in [6.07, 6.45) is 2.16. The van der Waals surface area contributed by atoms with E-state index in [1.54, 1.807) is 0 Å². The molecule has 3 amide bonds. The number of benzene rings is 1. The molecule has 2 aliphatic rings. The van der Waals surface area contributed by atoms with Crippen molar-refractivity contribution in [2.75, 3.05) is 39.3 Å². The van der Waals surface area contributed by atoms with Crippen LogP contribution in [-0.4, -0.2) is 77.3 Å². The molecule has 3 rings (SSSR count). The van der Waals surface area contributed by atoms with Gasteiger partial charge in [-0.2, -0.15) is 0 Å². The third kappa shape index (κ3) is 6.24. The zero-order valence-corrected chi connectivity index (χ0v) is 19.9. The van der Waals surface area contributed by atoms with Crippen molar-refractivity contribution in [2.24, 2.45) is 5.92 Å². The highest BCUT2D eigenvalue weighted by molar-refractivity contribution is 5.89. The predicted octanol–water partition coefficient (Wildman–Crippen LogP) is 2.86. The van der Waals surface area contributed by atoms with E-state index < -0.39 is 0 Å². The average molecular weight is 444 g/mol. The number of rotatable bonds is 6. The fraction of sp³-hybridized carbons (Fsp3) is 0.640. The summed E-state index contributed by atoms with van der Waals surface area (Å²) in [5.74, 6) is 0.758. The van der Waals surface area contributed by atoms with Crippen molar-refractivity contribution in [3.8, 4) is 5.75 Å². The van der Waals surface area contributed by atoms with Crippen molar-refractivity contribution in [2.45, 2.75) is 58.9 Å². The summed E-state index contributed by atoms with van der Waals surface area (Å²) in [6, 6.07) is 7.89. The van der Waals surface area contributed by atoms with Gasteiger partial charge in [0.05, 0.1) is 12.5 Å². The molecule has 1 aromatic carbocycles. The van der Waals surface area contributed by atoms with Gasteiger partial charge in [0.2, 0.25) is 17.7 Å². The number of nitrogens with zero attached hydrogens (tertiary/aromatic N) is 3. The maximum atomic E-state index is 13.0. The minimum Gasteiger partial charge on any atom is -0.494 e. The van der Waals surface area contributed by atoms with Gasteiger partial charge in [-0.1, -0.05) is 17.7 Å². The van der Waals surface area contributed by atoms with Crippen LogP contribution in [0.15, 0.2) is 24.3 Å². The van der Waals surface area contributed by atoms with Crippen LogP contribution in [0, 0.1) is 12.8 Å². The Labute approximate surface area is 191 Å². The second kappa shape index (κ2) is 10.4. The smallest absolute Gasteiger partial charge is 0.228 e. The maximum Gasteiger partial charge on any atom is 0.228 e. The molecule has 2 fully saturated rings. The predicted molar refractivity (Wildman–Crippen MR) is 123 cm³/mol. The minimum absolute atomic E-state index is 0.0471. The third-order valence-electron chi connectivity index (χ3n) is 6.27. The summed E-state index contributed by atoms with van der Waals surface area (Å²) in [7, 11) is 0. The van der Waals surface area contributed by atoms with E-state index in [1.807, 2.05) is 66.7 Å². The van der Waals surface area contributed by atoms with Crippen molar-refractivity contribution >= 4 is 17.7 Å².